The van der Waals surface area contributed by atoms with Crippen LogP contribution in [0.5, 0.6) is 11.5 Å². The summed E-state index contributed by atoms with van der Waals surface area (Å²) in [6.45, 7) is 0. The maximum Gasteiger partial charge on any atom is 0.587 e. The number of nitro benzene ring substituents is 2. The van der Waals surface area contributed by atoms with E-state index in [2.05, 4.69) is 0 Å². The Bertz CT molecular complexity index is 831. The van der Waals surface area contributed by atoms with Gasteiger partial charge in [0.2, 0.25) is 0 Å². The number of nitro groups is 2. The smallest absolute Gasteiger partial charge is 0.395 e. The Morgan fingerprint density at radius 2 is 1.18 bits per heavy atom. The normalized spacial score (nSPS) is 14.6. The van der Waals surface area contributed by atoms with Crippen molar-refractivity contribution in [3.63, 3.8) is 0 Å². The molecule has 1 saturated carbocycles. The summed E-state index contributed by atoms with van der Waals surface area (Å²) in [6, 6.07) is 10.0. The van der Waals surface area contributed by atoms with Crippen LogP contribution in [-0.4, -0.2) is 16.0 Å². The van der Waals surface area contributed by atoms with Crippen molar-refractivity contribution in [2.45, 2.75) is 31.8 Å². The van der Waals surface area contributed by atoms with Crippen LogP contribution in [0.2, 0.25) is 0 Å². The van der Waals surface area contributed by atoms with Crippen LogP contribution in [0.15, 0.2) is 48.5 Å². The second-order valence-electron chi connectivity index (χ2n) is 6.14. The predicted octanol–water partition coefficient (Wildman–Crippen LogP) is 5.03. The Hall–Kier alpha value is -2.97. The van der Waals surface area contributed by atoms with Crippen LogP contribution in [0.25, 0.3) is 0 Å². The van der Waals surface area contributed by atoms with Crippen molar-refractivity contribution in [1.82, 2.24) is 0 Å². The number of phosphoric acid groups is 1. The van der Waals surface area contributed by atoms with Crippen molar-refractivity contribution in [3.8, 4) is 11.5 Å². The Kier molecular flexibility index (Phi) is 5.91. The number of hydrogen-bond donors (Lipinski definition) is 0. The number of non-ortho nitro benzene ring substituents is 2. The van der Waals surface area contributed by atoms with Gasteiger partial charge >= 0.3 is 7.82 Å². The SMILES string of the molecule is O=[N+]([O-])c1ccc(OP(=O)(Oc2ccc([N+](=O)[O-])cc2)OC2CCCC2)cc1. The minimum Gasteiger partial charge on any atom is -0.395 e. The maximum atomic E-state index is 13.2. The van der Waals surface area contributed by atoms with Crippen LogP contribution in [0.1, 0.15) is 25.7 Å². The Morgan fingerprint density at radius 1 is 0.786 bits per heavy atom. The fraction of sp³-hybridized carbons (Fsp3) is 0.294. The van der Waals surface area contributed by atoms with Crippen molar-refractivity contribution in [3.05, 3.63) is 68.8 Å². The van der Waals surface area contributed by atoms with Crippen LogP contribution >= 0.6 is 7.82 Å². The molecule has 0 spiro atoms. The van der Waals surface area contributed by atoms with Gasteiger partial charge in [-0.2, -0.15) is 0 Å². The summed E-state index contributed by atoms with van der Waals surface area (Å²) in [5.41, 5.74) is -0.287. The molecule has 0 saturated heterocycles. The number of phosphoric ester groups is 1. The molecular formula is C17H17N2O8P. The third-order valence-corrected chi connectivity index (χ3v) is 5.54. The zero-order valence-corrected chi connectivity index (χ0v) is 15.5. The molecule has 0 heterocycles. The van der Waals surface area contributed by atoms with Crippen LogP contribution in [0.3, 0.4) is 0 Å². The molecular weight excluding hydrogens is 391 g/mol. The summed E-state index contributed by atoms with van der Waals surface area (Å²) >= 11 is 0. The summed E-state index contributed by atoms with van der Waals surface area (Å²) in [4.78, 5) is 20.4. The number of hydrogen-bond acceptors (Lipinski definition) is 8. The Labute approximate surface area is 160 Å². The lowest BCUT2D eigenvalue weighted by Gasteiger charge is -2.22. The zero-order valence-electron chi connectivity index (χ0n) is 14.6. The van der Waals surface area contributed by atoms with Crippen molar-refractivity contribution < 1.29 is 28.0 Å². The summed E-state index contributed by atoms with van der Waals surface area (Å²) in [5, 5.41) is 21.5. The molecule has 2 aromatic rings. The monoisotopic (exact) mass is 408 g/mol. The Morgan fingerprint density at radius 3 is 1.54 bits per heavy atom. The van der Waals surface area contributed by atoms with E-state index in [1.165, 1.54) is 48.5 Å². The first-order valence-electron chi connectivity index (χ1n) is 8.51. The van der Waals surface area contributed by atoms with Gasteiger partial charge in [-0.15, -0.1) is 0 Å². The molecule has 0 radical (unpaired) electrons. The molecule has 0 amide bonds. The molecule has 1 aliphatic carbocycles. The molecule has 10 nitrogen and oxygen atoms in total. The molecule has 0 bridgehead atoms. The fourth-order valence-electron chi connectivity index (χ4n) is 2.75. The fourth-order valence-corrected chi connectivity index (χ4v) is 4.21. The van der Waals surface area contributed by atoms with E-state index in [0.29, 0.717) is 12.8 Å². The first-order valence-corrected chi connectivity index (χ1v) is 9.97. The summed E-state index contributed by atoms with van der Waals surface area (Å²) in [7, 11) is -4.13. The van der Waals surface area contributed by atoms with Gasteiger partial charge in [0, 0.05) is 24.3 Å². The molecule has 0 aliphatic heterocycles. The van der Waals surface area contributed by atoms with Crippen LogP contribution in [0, 0.1) is 20.2 Å². The first-order chi connectivity index (χ1) is 13.3. The van der Waals surface area contributed by atoms with Crippen molar-refractivity contribution >= 4 is 19.2 Å². The van der Waals surface area contributed by atoms with Gasteiger partial charge in [-0.05, 0) is 37.1 Å². The van der Waals surface area contributed by atoms with E-state index in [9.17, 15) is 24.8 Å². The minimum atomic E-state index is -4.13. The molecule has 0 N–H and O–H groups in total. The van der Waals surface area contributed by atoms with Crippen molar-refractivity contribution in [2.75, 3.05) is 0 Å². The van der Waals surface area contributed by atoms with E-state index in [1.807, 2.05) is 0 Å². The van der Waals surface area contributed by atoms with Gasteiger partial charge in [0.15, 0.2) is 0 Å². The second-order valence-corrected chi connectivity index (χ2v) is 7.61. The summed E-state index contributed by atoms with van der Waals surface area (Å²) in [6.07, 6.45) is 2.97. The molecule has 1 aliphatic rings. The number of nitrogens with zero attached hydrogens (tertiary/aromatic N) is 2. The maximum absolute atomic E-state index is 13.2. The minimum absolute atomic E-state index is 0.0776. The molecule has 2 aromatic carbocycles. The van der Waals surface area contributed by atoms with Gasteiger partial charge in [-0.1, -0.05) is 12.8 Å². The van der Waals surface area contributed by atoms with Crippen LogP contribution in [0.4, 0.5) is 11.4 Å². The second kappa shape index (κ2) is 8.37. The van der Waals surface area contributed by atoms with Gasteiger partial charge in [0.1, 0.15) is 11.5 Å². The standard InChI is InChI=1S/C17H17N2O8P/c20-18(21)13-5-9-16(10-6-13)26-28(24,25-15-3-1-2-4-15)27-17-11-7-14(8-12-17)19(22)23/h5-12,15H,1-4H2. The highest BCUT2D eigenvalue weighted by Gasteiger charge is 2.36. The largest absolute Gasteiger partial charge is 0.587 e. The van der Waals surface area contributed by atoms with Gasteiger partial charge < -0.3 is 9.05 Å². The third kappa shape index (κ3) is 5.05. The lowest BCUT2D eigenvalue weighted by atomic mass is 10.3. The van der Waals surface area contributed by atoms with E-state index in [4.69, 9.17) is 13.6 Å². The highest BCUT2D eigenvalue weighted by atomic mass is 31.2. The number of rotatable bonds is 8. The van der Waals surface area contributed by atoms with Gasteiger partial charge in [0.05, 0.1) is 16.0 Å². The van der Waals surface area contributed by atoms with Crippen molar-refractivity contribution in [1.29, 1.82) is 0 Å². The van der Waals surface area contributed by atoms with E-state index in [1.54, 1.807) is 0 Å². The quantitative estimate of drug-likeness (QED) is 0.338. The highest BCUT2D eigenvalue weighted by molar-refractivity contribution is 7.49. The lowest BCUT2D eigenvalue weighted by molar-refractivity contribution is -0.385. The van der Waals surface area contributed by atoms with Crippen LogP contribution < -0.4 is 9.05 Å². The van der Waals surface area contributed by atoms with E-state index in [0.717, 1.165) is 12.8 Å². The molecule has 0 aromatic heterocycles. The molecule has 11 heteroatoms. The summed E-state index contributed by atoms with van der Waals surface area (Å²) < 4.78 is 29.7. The van der Waals surface area contributed by atoms with E-state index < -0.39 is 17.7 Å². The number of benzene rings is 2. The molecule has 0 atom stereocenters. The lowest BCUT2D eigenvalue weighted by Crippen LogP contribution is -2.12. The zero-order chi connectivity index (χ0) is 20.1. The molecule has 0 unspecified atom stereocenters. The average Bonchev–Trinajstić information content (AvgIpc) is 3.15. The molecule has 28 heavy (non-hydrogen) atoms. The third-order valence-electron chi connectivity index (χ3n) is 4.11. The van der Waals surface area contributed by atoms with Crippen LogP contribution in [-0.2, 0) is 9.09 Å². The predicted molar refractivity (Wildman–Crippen MR) is 98.4 cm³/mol. The first kappa shape index (κ1) is 19.8. The average molecular weight is 408 g/mol. The van der Waals surface area contributed by atoms with Crippen molar-refractivity contribution in [2.24, 2.45) is 0 Å². The highest BCUT2D eigenvalue weighted by Crippen LogP contribution is 2.52. The van der Waals surface area contributed by atoms with Gasteiger partial charge in [0.25, 0.3) is 11.4 Å². The van der Waals surface area contributed by atoms with E-state index >= 15 is 0 Å². The van der Waals surface area contributed by atoms with E-state index in [-0.39, 0.29) is 29.0 Å². The Balaban J connectivity index is 1.80. The van der Waals surface area contributed by atoms with Gasteiger partial charge in [-0.3, -0.25) is 24.8 Å². The molecule has 148 valence electrons. The topological polar surface area (TPSA) is 131 Å². The summed E-state index contributed by atoms with van der Waals surface area (Å²) in [5.74, 6) is 0.155. The van der Waals surface area contributed by atoms with Gasteiger partial charge in [-0.25, -0.2) is 4.57 Å². The molecule has 3 rings (SSSR count). The molecule has 1 fully saturated rings.